The maximum atomic E-state index is 13.1. The van der Waals surface area contributed by atoms with Gasteiger partial charge in [0, 0.05) is 23.4 Å². The number of aromatic nitrogens is 3. The lowest BCUT2D eigenvalue weighted by Crippen LogP contribution is -2.45. The number of rotatable bonds is 9. The van der Waals surface area contributed by atoms with Crippen LogP contribution in [0.4, 0.5) is 10.6 Å². The molecule has 2 N–H and O–H groups in total. The number of hydrogen-bond acceptors (Lipinski definition) is 7. The summed E-state index contributed by atoms with van der Waals surface area (Å²) in [6.45, 7) is 7.79. The molecule has 0 radical (unpaired) electrons. The van der Waals surface area contributed by atoms with Gasteiger partial charge < -0.3 is 19.7 Å². The molecule has 11 heteroatoms. The predicted octanol–water partition coefficient (Wildman–Crippen LogP) is 3.26. The minimum absolute atomic E-state index is 0.227. The fourth-order valence-corrected chi connectivity index (χ4v) is 4.56. The van der Waals surface area contributed by atoms with Crippen molar-refractivity contribution < 1.29 is 24.0 Å². The minimum atomic E-state index is -1.14. The predicted molar refractivity (Wildman–Crippen MR) is 118 cm³/mol. The van der Waals surface area contributed by atoms with Gasteiger partial charge in [-0.1, -0.05) is 23.9 Å². The van der Waals surface area contributed by atoms with E-state index in [2.05, 4.69) is 49.5 Å². The number of fused-ring (bicyclic) bond motifs is 1. The Morgan fingerprint density at radius 3 is 2.88 bits per heavy atom. The first-order valence-corrected chi connectivity index (χ1v) is 10.8. The molecule has 2 aromatic heterocycles. The van der Waals surface area contributed by atoms with E-state index in [4.69, 9.17) is 9.26 Å². The van der Waals surface area contributed by atoms with E-state index >= 15 is 0 Å². The Labute approximate surface area is 192 Å². The van der Waals surface area contributed by atoms with Crippen LogP contribution in [0.15, 0.2) is 40.5 Å². The van der Waals surface area contributed by atoms with Crippen LogP contribution in [0.5, 0.6) is 0 Å². The van der Waals surface area contributed by atoms with Crippen LogP contribution in [0, 0.1) is 5.41 Å². The standard InChI is InChI=1S/C21H22BrN5O5/c1-3-7-31-11-12-5-6-15(22)23-18(12)25-19(28)13-8-21(9-14(21)27(13)20(29)30)10-17-24-16(4-2)26-32-17/h3-6,13-14H,1-2,7-11H2,(H,29,30)(H,23,25,28). The Bertz CT molecular complexity index is 1070. The van der Waals surface area contributed by atoms with Gasteiger partial charge in [0.1, 0.15) is 16.5 Å². The third-order valence-electron chi connectivity index (χ3n) is 5.79. The topological polar surface area (TPSA) is 131 Å². The first kappa shape index (κ1) is 22.2. The van der Waals surface area contributed by atoms with Gasteiger partial charge in [-0.05, 0) is 40.9 Å². The monoisotopic (exact) mass is 503 g/mol. The Morgan fingerprint density at radius 1 is 1.38 bits per heavy atom. The van der Waals surface area contributed by atoms with Crippen molar-refractivity contribution in [3.05, 3.63) is 53.2 Å². The summed E-state index contributed by atoms with van der Waals surface area (Å²) in [6.07, 6.45) is 3.37. The molecule has 0 bridgehead atoms. The summed E-state index contributed by atoms with van der Waals surface area (Å²) >= 11 is 3.30. The summed E-state index contributed by atoms with van der Waals surface area (Å²) in [7, 11) is 0. The van der Waals surface area contributed by atoms with E-state index in [1.165, 1.54) is 11.0 Å². The highest BCUT2D eigenvalue weighted by molar-refractivity contribution is 9.10. The number of nitrogens with zero attached hydrogens (tertiary/aromatic N) is 4. The van der Waals surface area contributed by atoms with Gasteiger partial charge in [-0.2, -0.15) is 4.98 Å². The van der Waals surface area contributed by atoms with Crippen molar-refractivity contribution in [3.8, 4) is 0 Å². The zero-order chi connectivity index (χ0) is 22.9. The maximum Gasteiger partial charge on any atom is 0.408 e. The lowest BCUT2D eigenvalue weighted by molar-refractivity contribution is -0.120. The van der Waals surface area contributed by atoms with Gasteiger partial charge >= 0.3 is 6.09 Å². The van der Waals surface area contributed by atoms with Crippen LogP contribution in [0.1, 0.15) is 30.1 Å². The van der Waals surface area contributed by atoms with Gasteiger partial charge in [0.15, 0.2) is 5.82 Å². The minimum Gasteiger partial charge on any atom is -0.465 e. The van der Waals surface area contributed by atoms with Gasteiger partial charge in [0.05, 0.1) is 13.2 Å². The number of likely N-dealkylation sites (tertiary alicyclic amines) is 1. The second kappa shape index (κ2) is 8.83. The van der Waals surface area contributed by atoms with Crippen molar-refractivity contribution in [1.82, 2.24) is 20.0 Å². The van der Waals surface area contributed by atoms with Crippen molar-refractivity contribution >= 4 is 39.8 Å². The molecular formula is C21H22BrN5O5. The van der Waals surface area contributed by atoms with Crippen molar-refractivity contribution in [2.24, 2.45) is 5.41 Å². The summed E-state index contributed by atoms with van der Waals surface area (Å²) in [5.74, 6) is 0.666. The third kappa shape index (κ3) is 4.30. The van der Waals surface area contributed by atoms with E-state index in [1.54, 1.807) is 18.2 Å². The maximum absolute atomic E-state index is 13.1. The molecule has 1 aliphatic heterocycles. The average molecular weight is 504 g/mol. The van der Waals surface area contributed by atoms with Crippen molar-refractivity contribution in [1.29, 1.82) is 0 Å². The van der Waals surface area contributed by atoms with Crippen molar-refractivity contribution in [3.63, 3.8) is 0 Å². The molecule has 32 heavy (non-hydrogen) atoms. The molecule has 10 nitrogen and oxygen atoms in total. The molecule has 168 valence electrons. The molecule has 0 aromatic carbocycles. The normalized spacial score (nSPS) is 23.5. The second-order valence-electron chi connectivity index (χ2n) is 7.85. The van der Waals surface area contributed by atoms with E-state index in [-0.39, 0.29) is 12.6 Å². The summed E-state index contributed by atoms with van der Waals surface area (Å²) in [4.78, 5) is 34.9. The third-order valence-corrected chi connectivity index (χ3v) is 6.23. The highest BCUT2D eigenvalue weighted by Gasteiger charge is 2.67. The molecule has 1 saturated heterocycles. The van der Waals surface area contributed by atoms with Crippen LogP contribution in [0.2, 0.25) is 0 Å². The Morgan fingerprint density at radius 2 is 2.19 bits per heavy atom. The van der Waals surface area contributed by atoms with Gasteiger partial charge in [-0.15, -0.1) is 6.58 Å². The number of carbonyl (C=O) groups is 2. The summed E-state index contributed by atoms with van der Waals surface area (Å²) in [6, 6.07) is 2.40. The number of amides is 2. The van der Waals surface area contributed by atoms with E-state index in [0.717, 1.165) is 0 Å². The van der Waals surface area contributed by atoms with Crippen molar-refractivity contribution in [2.45, 2.75) is 38.0 Å². The van der Waals surface area contributed by atoms with Crippen molar-refractivity contribution in [2.75, 3.05) is 11.9 Å². The zero-order valence-corrected chi connectivity index (χ0v) is 18.7. The van der Waals surface area contributed by atoms with Gasteiger partial charge in [-0.25, -0.2) is 9.78 Å². The van der Waals surface area contributed by atoms with Gasteiger partial charge in [0.2, 0.25) is 11.8 Å². The van der Waals surface area contributed by atoms with Crippen LogP contribution in [-0.2, 0) is 22.6 Å². The Balaban J connectivity index is 1.51. The fraction of sp³-hybridized carbons (Fsp3) is 0.381. The lowest BCUT2D eigenvalue weighted by Gasteiger charge is -2.24. The molecule has 2 amide bonds. The number of carbonyl (C=O) groups excluding carboxylic acids is 1. The number of nitrogens with one attached hydrogen (secondary N) is 1. The quantitative estimate of drug-likeness (QED) is 0.302. The Hall–Kier alpha value is -3.05. The smallest absolute Gasteiger partial charge is 0.408 e. The molecule has 4 rings (SSSR count). The molecule has 2 aliphatic rings. The fourth-order valence-electron chi connectivity index (χ4n) is 4.25. The van der Waals surface area contributed by atoms with Crippen LogP contribution >= 0.6 is 15.9 Å². The molecule has 3 atom stereocenters. The number of ether oxygens (including phenoxy) is 1. The molecule has 3 heterocycles. The highest BCUT2D eigenvalue weighted by atomic mass is 79.9. The number of carboxylic acid groups (broad SMARTS) is 1. The average Bonchev–Trinajstić information content (AvgIpc) is 3.09. The van der Waals surface area contributed by atoms with E-state index < -0.39 is 23.5 Å². The summed E-state index contributed by atoms with van der Waals surface area (Å²) < 4.78 is 11.2. The number of piperidine rings is 1. The van der Waals surface area contributed by atoms with Crippen LogP contribution < -0.4 is 5.32 Å². The van der Waals surface area contributed by atoms with Crippen LogP contribution in [-0.4, -0.2) is 55.8 Å². The molecule has 0 spiro atoms. The largest absolute Gasteiger partial charge is 0.465 e. The SMILES string of the molecule is C=CCOCc1ccc(Br)nc1NC(=O)C1CC2(Cc3nc(C=C)no3)CC2N1C(=O)O. The molecule has 1 aliphatic carbocycles. The summed E-state index contributed by atoms with van der Waals surface area (Å²) in [5.41, 5.74) is 0.275. The summed E-state index contributed by atoms with van der Waals surface area (Å²) in [5, 5.41) is 16.4. The van der Waals surface area contributed by atoms with Crippen LogP contribution in [0.25, 0.3) is 6.08 Å². The van der Waals surface area contributed by atoms with Crippen LogP contribution in [0.3, 0.4) is 0 Å². The second-order valence-corrected chi connectivity index (χ2v) is 8.67. The van der Waals surface area contributed by atoms with Gasteiger partial charge in [0.25, 0.3) is 0 Å². The van der Waals surface area contributed by atoms with E-state index in [9.17, 15) is 14.7 Å². The molecule has 3 unspecified atom stereocenters. The molecule has 2 aromatic rings. The first-order chi connectivity index (χ1) is 15.4. The molecule has 1 saturated carbocycles. The van der Waals surface area contributed by atoms with E-state index in [0.29, 0.717) is 53.6 Å². The first-order valence-electron chi connectivity index (χ1n) is 9.98. The number of pyridine rings is 1. The Kier molecular flexibility index (Phi) is 6.11. The number of hydrogen-bond donors (Lipinski definition) is 2. The molecular weight excluding hydrogens is 482 g/mol. The van der Waals surface area contributed by atoms with Gasteiger partial charge in [-0.3, -0.25) is 9.69 Å². The van der Waals surface area contributed by atoms with E-state index in [1.807, 2.05) is 0 Å². The number of halogens is 1. The highest BCUT2D eigenvalue weighted by Crippen LogP contribution is 2.61. The number of anilines is 1. The zero-order valence-electron chi connectivity index (χ0n) is 17.2. The lowest BCUT2D eigenvalue weighted by atomic mass is 9.95. The molecule has 2 fully saturated rings.